The van der Waals surface area contributed by atoms with Crippen molar-refractivity contribution in [2.45, 2.75) is 30.7 Å². The summed E-state index contributed by atoms with van der Waals surface area (Å²) < 4.78 is 13.2. The van der Waals surface area contributed by atoms with Gasteiger partial charge in [0.15, 0.2) is 15.8 Å². The average molecular weight is 464 g/mol. The molecular weight excluding hydrogens is 442 g/mol. The molecule has 0 bridgehead atoms. The molecule has 0 aliphatic carbocycles. The zero-order valence-electron chi connectivity index (χ0n) is 16.8. The van der Waals surface area contributed by atoms with E-state index < -0.39 is 0 Å². The average Bonchev–Trinajstić information content (AvgIpc) is 3.16. The van der Waals surface area contributed by atoms with Crippen molar-refractivity contribution in [2.24, 2.45) is 5.10 Å². The summed E-state index contributed by atoms with van der Waals surface area (Å²) in [6.45, 7) is 4.00. The smallest absolute Gasteiger partial charge is 0.250 e. The Morgan fingerprint density at radius 1 is 1.40 bits per heavy atom. The van der Waals surface area contributed by atoms with Crippen molar-refractivity contribution in [3.8, 4) is 11.5 Å². The number of methoxy groups -OCH3 is 1. The highest BCUT2D eigenvalue weighted by Gasteiger charge is 2.14. The summed E-state index contributed by atoms with van der Waals surface area (Å²) in [5.41, 5.74) is 4.15. The van der Waals surface area contributed by atoms with E-state index in [0.717, 1.165) is 21.0 Å². The molecule has 3 rings (SSSR count). The quantitative estimate of drug-likeness (QED) is 0.262. The third-order valence-corrected chi connectivity index (χ3v) is 6.61. The van der Waals surface area contributed by atoms with Crippen molar-refractivity contribution in [2.75, 3.05) is 12.9 Å². The normalized spacial score (nSPS) is 12.3. The first-order valence-electron chi connectivity index (χ1n) is 9.34. The summed E-state index contributed by atoms with van der Waals surface area (Å²) in [5, 5.41) is 4.43. The van der Waals surface area contributed by atoms with Gasteiger partial charge in [0.25, 0.3) is 5.91 Å². The van der Waals surface area contributed by atoms with E-state index in [4.69, 9.17) is 21.1 Å². The number of rotatable bonds is 9. The monoisotopic (exact) mass is 463 g/mol. The van der Waals surface area contributed by atoms with E-state index in [1.54, 1.807) is 30.6 Å². The summed E-state index contributed by atoms with van der Waals surface area (Å²) in [5.74, 6) is 1.03. The van der Waals surface area contributed by atoms with E-state index in [9.17, 15) is 4.79 Å². The molecular formula is C21H22ClN3O3S2. The maximum atomic E-state index is 12.1. The number of fused-ring (bicyclic) bond motifs is 1. The largest absolute Gasteiger partial charge is 0.493 e. The van der Waals surface area contributed by atoms with Crippen molar-refractivity contribution in [1.29, 1.82) is 0 Å². The van der Waals surface area contributed by atoms with Gasteiger partial charge in [-0.3, -0.25) is 4.79 Å². The van der Waals surface area contributed by atoms with Crippen molar-refractivity contribution >= 4 is 57.0 Å². The number of carbonyl (C=O) groups is 1. The summed E-state index contributed by atoms with van der Waals surface area (Å²) >= 11 is 9.29. The molecule has 0 unspecified atom stereocenters. The lowest BCUT2D eigenvalue weighted by molar-refractivity contribution is -0.118. The van der Waals surface area contributed by atoms with Gasteiger partial charge in [-0.25, -0.2) is 10.4 Å². The Balaban J connectivity index is 1.57. The van der Waals surface area contributed by atoms with Gasteiger partial charge in [-0.15, -0.1) is 11.3 Å². The number of carbonyl (C=O) groups excluding carboxylic acids is 1. The first kappa shape index (κ1) is 22.4. The van der Waals surface area contributed by atoms with Crippen molar-refractivity contribution < 1.29 is 14.3 Å². The number of halogens is 1. The minimum Gasteiger partial charge on any atom is -0.493 e. The highest BCUT2D eigenvalue weighted by molar-refractivity contribution is 8.01. The van der Waals surface area contributed by atoms with Crippen LogP contribution in [0.1, 0.15) is 25.8 Å². The van der Waals surface area contributed by atoms with E-state index in [1.807, 2.05) is 38.1 Å². The van der Waals surface area contributed by atoms with Crippen LogP contribution in [0.3, 0.4) is 0 Å². The minimum absolute atomic E-state index is 0.0168. The molecule has 0 aliphatic heterocycles. The second-order valence-electron chi connectivity index (χ2n) is 6.40. The van der Waals surface area contributed by atoms with Crippen LogP contribution in [0.15, 0.2) is 45.8 Å². The molecule has 1 amide bonds. The van der Waals surface area contributed by atoms with E-state index in [2.05, 4.69) is 15.5 Å². The topological polar surface area (TPSA) is 72.8 Å². The van der Waals surface area contributed by atoms with Crippen LogP contribution in [-0.2, 0) is 4.79 Å². The van der Waals surface area contributed by atoms with E-state index in [0.29, 0.717) is 22.1 Å². The molecule has 30 heavy (non-hydrogen) atoms. The number of ether oxygens (including phenoxy) is 2. The van der Waals surface area contributed by atoms with Gasteiger partial charge >= 0.3 is 0 Å². The molecule has 9 heteroatoms. The van der Waals surface area contributed by atoms with E-state index in [-0.39, 0.29) is 17.8 Å². The maximum absolute atomic E-state index is 12.1. The molecule has 0 radical (unpaired) electrons. The number of nitrogens with one attached hydrogen (secondary N) is 1. The highest BCUT2D eigenvalue weighted by Crippen LogP contribution is 2.37. The molecule has 0 saturated carbocycles. The van der Waals surface area contributed by atoms with Crippen LogP contribution >= 0.6 is 34.7 Å². The molecule has 0 fully saturated rings. The number of nitrogens with zero attached hydrogens (tertiary/aromatic N) is 2. The van der Waals surface area contributed by atoms with Crippen LogP contribution in [0.25, 0.3) is 10.2 Å². The number of hydrogen-bond acceptors (Lipinski definition) is 7. The number of thioether (sulfide) groups is 1. The number of hydrazone groups is 1. The van der Waals surface area contributed by atoms with Crippen LogP contribution < -0.4 is 14.9 Å². The van der Waals surface area contributed by atoms with Crippen molar-refractivity contribution in [3.05, 3.63) is 47.0 Å². The molecule has 1 heterocycles. The lowest BCUT2D eigenvalue weighted by atomic mass is 10.2. The maximum Gasteiger partial charge on any atom is 0.250 e. The molecule has 0 saturated heterocycles. The van der Waals surface area contributed by atoms with Crippen LogP contribution in [-0.4, -0.2) is 36.1 Å². The van der Waals surface area contributed by atoms with Gasteiger partial charge < -0.3 is 9.47 Å². The Labute approximate surface area is 188 Å². The molecule has 158 valence electrons. The third kappa shape index (κ3) is 5.87. The third-order valence-electron chi connectivity index (χ3n) is 4.15. The fraction of sp³-hybridized carbons (Fsp3) is 0.286. The van der Waals surface area contributed by atoms with Crippen LogP contribution in [0.2, 0.25) is 5.02 Å². The molecule has 3 aromatic rings. The number of benzene rings is 2. The number of aromatic nitrogens is 1. The summed E-state index contributed by atoms with van der Waals surface area (Å²) in [4.78, 5) is 16.6. The Morgan fingerprint density at radius 2 is 2.20 bits per heavy atom. The lowest BCUT2D eigenvalue weighted by Crippen LogP contribution is -2.19. The molecule has 6 nitrogen and oxygen atoms in total. The predicted octanol–water partition coefficient (Wildman–Crippen LogP) is 5.38. The first-order chi connectivity index (χ1) is 14.5. The SMILES string of the molecule is CC[C@@H](C)Oc1c(Cl)cc(/C=N/NC(=O)CSc2nc3ccccc3s2)cc1OC. The molecule has 0 aliphatic rings. The Bertz CT molecular complexity index is 1020. The number of hydrogen-bond donors (Lipinski definition) is 1. The molecule has 0 spiro atoms. The molecule has 2 aromatic carbocycles. The summed E-state index contributed by atoms with van der Waals surface area (Å²) in [6.07, 6.45) is 2.38. The minimum atomic E-state index is -0.217. The van der Waals surface area contributed by atoms with Gasteiger partial charge in [-0.2, -0.15) is 5.10 Å². The Kier molecular flexibility index (Phi) is 7.95. The fourth-order valence-corrected chi connectivity index (χ4v) is 4.59. The Hall–Kier alpha value is -2.29. The zero-order valence-corrected chi connectivity index (χ0v) is 19.2. The fourth-order valence-electron chi connectivity index (χ4n) is 2.46. The predicted molar refractivity (Wildman–Crippen MR) is 124 cm³/mol. The number of para-hydroxylation sites is 1. The summed E-state index contributed by atoms with van der Waals surface area (Å²) in [7, 11) is 1.55. The van der Waals surface area contributed by atoms with Crippen LogP contribution in [0.4, 0.5) is 0 Å². The van der Waals surface area contributed by atoms with Gasteiger partial charge in [0.05, 0.1) is 40.4 Å². The standard InChI is InChI=1S/C21H22ClN3O3S2/c1-4-13(2)28-20-15(22)9-14(10-17(20)27-3)11-23-25-19(26)12-29-21-24-16-7-5-6-8-18(16)30-21/h5-11,13H,4,12H2,1-3H3,(H,25,26)/b23-11+/t13-/m1/s1. The van der Waals surface area contributed by atoms with Crippen LogP contribution in [0.5, 0.6) is 11.5 Å². The van der Waals surface area contributed by atoms with Gasteiger partial charge in [0, 0.05) is 0 Å². The lowest BCUT2D eigenvalue weighted by Gasteiger charge is -2.17. The first-order valence-corrected chi connectivity index (χ1v) is 11.5. The number of amides is 1. The van der Waals surface area contributed by atoms with Gasteiger partial charge in [-0.05, 0) is 43.2 Å². The second kappa shape index (κ2) is 10.7. The van der Waals surface area contributed by atoms with Gasteiger partial charge in [0.2, 0.25) is 0 Å². The van der Waals surface area contributed by atoms with E-state index in [1.165, 1.54) is 18.0 Å². The van der Waals surface area contributed by atoms with Crippen molar-refractivity contribution in [3.63, 3.8) is 0 Å². The van der Waals surface area contributed by atoms with Gasteiger partial charge in [0.1, 0.15) is 0 Å². The number of thiazole rings is 1. The highest BCUT2D eigenvalue weighted by atomic mass is 35.5. The van der Waals surface area contributed by atoms with E-state index >= 15 is 0 Å². The second-order valence-corrected chi connectivity index (χ2v) is 9.06. The summed E-state index contributed by atoms with van der Waals surface area (Å²) in [6, 6.07) is 11.4. The molecule has 1 atom stereocenters. The van der Waals surface area contributed by atoms with Crippen LogP contribution in [0, 0.1) is 0 Å². The molecule has 1 aromatic heterocycles. The van der Waals surface area contributed by atoms with Gasteiger partial charge in [-0.1, -0.05) is 42.4 Å². The van der Waals surface area contributed by atoms with Crippen molar-refractivity contribution in [1.82, 2.24) is 10.4 Å². The zero-order chi connectivity index (χ0) is 21.5. The molecule has 1 N–H and O–H groups in total. The Morgan fingerprint density at radius 3 is 2.93 bits per heavy atom.